The van der Waals surface area contributed by atoms with Gasteiger partial charge in [-0.3, -0.25) is 0 Å². The number of carbonyl (C=O) groups is 1. The number of ether oxygens (including phenoxy) is 1. The van der Waals surface area contributed by atoms with Crippen molar-refractivity contribution in [3.63, 3.8) is 0 Å². The second-order valence-electron chi connectivity index (χ2n) is 4.75. The molecule has 0 aliphatic rings. The van der Waals surface area contributed by atoms with Crippen LogP contribution < -0.4 is 4.74 Å². The van der Waals surface area contributed by atoms with E-state index < -0.39 is 5.97 Å². The highest BCUT2D eigenvalue weighted by molar-refractivity contribution is 9.10. The van der Waals surface area contributed by atoms with Gasteiger partial charge in [-0.05, 0) is 77.7 Å². The summed E-state index contributed by atoms with van der Waals surface area (Å²) in [6, 6.07) is 8.93. The summed E-state index contributed by atoms with van der Waals surface area (Å²) in [7, 11) is 0. The van der Waals surface area contributed by atoms with Crippen LogP contribution >= 0.6 is 15.9 Å². The van der Waals surface area contributed by atoms with Crippen molar-refractivity contribution in [2.45, 2.75) is 20.8 Å². The van der Waals surface area contributed by atoms with Crippen LogP contribution in [-0.4, -0.2) is 11.1 Å². The van der Waals surface area contributed by atoms with Crippen LogP contribution in [0.2, 0.25) is 0 Å². The standard InChI is InChI=1S/C16H15BrO3/c1-9-6-10(2)11(3)15(7-9)20-12-4-5-13(16(18)19)14(17)8-12/h4-8H,1-3H3,(H,18,19). The lowest BCUT2D eigenvalue weighted by molar-refractivity contribution is 0.0696. The maximum atomic E-state index is 11.0. The van der Waals surface area contributed by atoms with Crippen molar-refractivity contribution in [1.29, 1.82) is 0 Å². The second-order valence-corrected chi connectivity index (χ2v) is 5.61. The first-order chi connectivity index (χ1) is 9.38. The van der Waals surface area contributed by atoms with E-state index in [1.807, 2.05) is 26.8 Å². The summed E-state index contributed by atoms with van der Waals surface area (Å²) in [5, 5.41) is 8.99. The number of rotatable bonds is 3. The third kappa shape index (κ3) is 3.02. The Balaban J connectivity index is 2.36. The third-order valence-electron chi connectivity index (χ3n) is 3.16. The largest absolute Gasteiger partial charge is 0.478 e. The molecule has 4 heteroatoms. The summed E-state index contributed by atoms with van der Waals surface area (Å²) >= 11 is 3.25. The molecule has 0 aromatic heterocycles. The molecule has 0 unspecified atom stereocenters. The topological polar surface area (TPSA) is 46.5 Å². The van der Waals surface area contributed by atoms with E-state index in [2.05, 4.69) is 22.0 Å². The Morgan fingerprint density at radius 1 is 1.15 bits per heavy atom. The molecule has 0 amide bonds. The van der Waals surface area contributed by atoms with Crippen molar-refractivity contribution in [2.24, 2.45) is 0 Å². The van der Waals surface area contributed by atoms with Crippen molar-refractivity contribution in [1.82, 2.24) is 0 Å². The Bertz CT molecular complexity index is 678. The van der Waals surface area contributed by atoms with Gasteiger partial charge in [0, 0.05) is 4.47 Å². The van der Waals surface area contributed by atoms with Crippen LogP contribution in [0.25, 0.3) is 0 Å². The molecule has 2 aromatic carbocycles. The van der Waals surface area contributed by atoms with Gasteiger partial charge in [0.1, 0.15) is 11.5 Å². The summed E-state index contributed by atoms with van der Waals surface area (Å²) in [4.78, 5) is 11.0. The molecule has 0 heterocycles. The fourth-order valence-electron chi connectivity index (χ4n) is 1.97. The zero-order valence-corrected chi connectivity index (χ0v) is 13.1. The summed E-state index contributed by atoms with van der Waals surface area (Å²) in [5.41, 5.74) is 3.59. The number of hydrogen-bond donors (Lipinski definition) is 1. The minimum atomic E-state index is -0.967. The van der Waals surface area contributed by atoms with E-state index in [0.717, 1.165) is 16.9 Å². The predicted octanol–water partition coefficient (Wildman–Crippen LogP) is 4.86. The first-order valence-corrected chi connectivity index (χ1v) is 6.96. The van der Waals surface area contributed by atoms with Gasteiger partial charge in [0.15, 0.2) is 0 Å². The van der Waals surface area contributed by atoms with Crippen LogP contribution in [0.3, 0.4) is 0 Å². The quantitative estimate of drug-likeness (QED) is 0.871. The summed E-state index contributed by atoms with van der Waals surface area (Å²) in [6.45, 7) is 6.06. The van der Waals surface area contributed by atoms with Gasteiger partial charge in [-0.2, -0.15) is 0 Å². The number of aromatic carboxylic acids is 1. The van der Waals surface area contributed by atoms with Crippen molar-refractivity contribution in [2.75, 3.05) is 0 Å². The molecule has 0 spiro atoms. The van der Waals surface area contributed by atoms with Crippen molar-refractivity contribution < 1.29 is 14.6 Å². The molecule has 1 N–H and O–H groups in total. The lowest BCUT2D eigenvalue weighted by Gasteiger charge is -2.12. The number of benzene rings is 2. The first kappa shape index (κ1) is 14.6. The molecule has 0 fully saturated rings. The molecule has 3 nitrogen and oxygen atoms in total. The van der Waals surface area contributed by atoms with Crippen LogP contribution in [0.4, 0.5) is 0 Å². The minimum Gasteiger partial charge on any atom is -0.478 e. The molecule has 2 rings (SSSR count). The Morgan fingerprint density at radius 2 is 1.85 bits per heavy atom. The number of aryl methyl sites for hydroxylation is 2. The molecule has 0 aliphatic heterocycles. The average Bonchev–Trinajstić information content (AvgIpc) is 2.35. The van der Waals surface area contributed by atoms with Gasteiger partial charge in [-0.25, -0.2) is 4.79 Å². The van der Waals surface area contributed by atoms with Crippen LogP contribution in [-0.2, 0) is 0 Å². The van der Waals surface area contributed by atoms with Gasteiger partial charge in [0.2, 0.25) is 0 Å². The number of hydrogen-bond acceptors (Lipinski definition) is 2. The van der Waals surface area contributed by atoms with E-state index >= 15 is 0 Å². The molecule has 0 radical (unpaired) electrons. The second kappa shape index (κ2) is 5.67. The minimum absolute atomic E-state index is 0.217. The van der Waals surface area contributed by atoms with E-state index in [1.54, 1.807) is 12.1 Å². The molecule has 0 aliphatic carbocycles. The first-order valence-electron chi connectivity index (χ1n) is 6.17. The Kier molecular flexibility index (Phi) is 4.14. The lowest BCUT2D eigenvalue weighted by atomic mass is 10.1. The third-order valence-corrected chi connectivity index (χ3v) is 3.82. The van der Waals surface area contributed by atoms with Crippen molar-refractivity contribution >= 4 is 21.9 Å². The number of carboxylic acid groups (broad SMARTS) is 1. The van der Waals surface area contributed by atoms with Gasteiger partial charge in [0.25, 0.3) is 0 Å². The summed E-state index contributed by atoms with van der Waals surface area (Å²) in [5.74, 6) is 0.429. The lowest BCUT2D eigenvalue weighted by Crippen LogP contribution is -1.98. The molecular formula is C16H15BrO3. The smallest absolute Gasteiger partial charge is 0.336 e. The molecule has 20 heavy (non-hydrogen) atoms. The van der Waals surface area contributed by atoms with Gasteiger partial charge in [0.05, 0.1) is 5.56 Å². The number of halogens is 1. The maximum Gasteiger partial charge on any atom is 0.336 e. The monoisotopic (exact) mass is 334 g/mol. The van der Waals surface area contributed by atoms with E-state index in [4.69, 9.17) is 9.84 Å². The van der Waals surface area contributed by atoms with E-state index in [0.29, 0.717) is 10.2 Å². The molecule has 0 atom stereocenters. The molecular weight excluding hydrogens is 320 g/mol. The Morgan fingerprint density at radius 3 is 2.45 bits per heavy atom. The number of carboxylic acids is 1. The summed E-state index contributed by atoms with van der Waals surface area (Å²) < 4.78 is 6.37. The highest BCUT2D eigenvalue weighted by atomic mass is 79.9. The van der Waals surface area contributed by atoms with E-state index in [9.17, 15) is 4.79 Å². The Labute approximate surface area is 126 Å². The molecule has 2 aromatic rings. The van der Waals surface area contributed by atoms with Gasteiger partial charge in [-0.1, -0.05) is 6.07 Å². The molecule has 0 bridgehead atoms. The van der Waals surface area contributed by atoms with E-state index in [-0.39, 0.29) is 5.56 Å². The molecule has 104 valence electrons. The Hall–Kier alpha value is -1.81. The van der Waals surface area contributed by atoms with Crippen LogP contribution in [0, 0.1) is 20.8 Å². The maximum absolute atomic E-state index is 11.0. The van der Waals surface area contributed by atoms with Gasteiger partial charge >= 0.3 is 5.97 Å². The normalized spacial score (nSPS) is 10.4. The fraction of sp³-hybridized carbons (Fsp3) is 0.188. The average molecular weight is 335 g/mol. The highest BCUT2D eigenvalue weighted by Crippen LogP contribution is 2.31. The van der Waals surface area contributed by atoms with E-state index in [1.165, 1.54) is 11.6 Å². The van der Waals surface area contributed by atoms with Crippen LogP contribution in [0.1, 0.15) is 27.0 Å². The van der Waals surface area contributed by atoms with Crippen LogP contribution in [0.5, 0.6) is 11.5 Å². The SMILES string of the molecule is Cc1cc(C)c(C)c(Oc2ccc(C(=O)O)c(Br)c2)c1. The zero-order chi connectivity index (χ0) is 14.9. The van der Waals surface area contributed by atoms with Gasteiger partial charge in [-0.15, -0.1) is 0 Å². The van der Waals surface area contributed by atoms with Crippen LogP contribution in [0.15, 0.2) is 34.8 Å². The molecule has 0 saturated carbocycles. The fourth-order valence-corrected chi connectivity index (χ4v) is 2.49. The van der Waals surface area contributed by atoms with Gasteiger partial charge < -0.3 is 9.84 Å². The highest BCUT2D eigenvalue weighted by Gasteiger charge is 2.11. The predicted molar refractivity (Wildman–Crippen MR) is 81.8 cm³/mol. The molecule has 0 saturated heterocycles. The van der Waals surface area contributed by atoms with Crippen molar-refractivity contribution in [3.8, 4) is 11.5 Å². The van der Waals surface area contributed by atoms with Crippen molar-refractivity contribution in [3.05, 3.63) is 57.1 Å². The summed E-state index contributed by atoms with van der Waals surface area (Å²) in [6.07, 6.45) is 0. The zero-order valence-electron chi connectivity index (χ0n) is 11.5.